The highest BCUT2D eigenvalue weighted by Crippen LogP contribution is 2.20. The number of hydrogen-bond donors (Lipinski definition) is 2. The molecule has 0 radical (unpaired) electrons. The van der Waals surface area contributed by atoms with Gasteiger partial charge < -0.3 is 9.72 Å². The topological polar surface area (TPSA) is 88.3 Å². The van der Waals surface area contributed by atoms with Gasteiger partial charge in [-0.25, -0.2) is 13.1 Å². The molecule has 102 valence electrons. The summed E-state index contributed by atoms with van der Waals surface area (Å²) in [4.78, 5) is 13.6. The van der Waals surface area contributed by atoms with Gasteiger partial charge in [0.25, 0.3) is 5.56 Å². The van der Waals surface area contributed by atoms with Crippen molar-refractivity contribution in [2.45, 2.75) is 38.1 Å². The predicted molar refractivity (Wildman–Crippen MR) is 68.3 cm³/mol. The van der Waals surface area contributed by atoms with Gasteiger partial charge in [-0.15, -0.1) is 0 Å². The third-order valence-electron chi connectivity index (χ3n) is 1.89. The van der Waals surface area contributed by atoms with E-state index < -0.39 is 21.1 Å². The van der Waals surface area contributed by atoms with Crippen LogP contribution in [0.2, 0.25) is 0 Å². The fraction of sp³-hybridized carbons (Fsp3) is 0.545. The predicted octanol–water partition coefficient (Wildman–Crippen LogP) is 0.850. The lowest BCUT2D eigenvalue weighted by molar-refractivity contribution is 0.329. The first-order chi connectivity index (χ1) is 8.17. The lowest BCUT2D eigenvalue weighted by Gasteiger charge is -2.20. The Morgan fingerprint density at radius 3 is 2.50 bits per heavy atom. The van der Waals surface area contributed by atoms with Crippen molar-refractivity contribution in [1.82, 2.24) is 9.71 Å². The van der Waals surface area contributed by atoms with Crippen LogP contribution in [-0.4, -0.2) is 25.5 Å². The fourth-order valence-electron chi connectivity index (χ4n) is 1.42. The van der Waals surface area contributed by atoms with Crippen LogP contribution in [-0.2, 0) is 10.0 Å². The van der Waals surface area contributed by atoms with Gasteiger partial charge in [-0.3, -0.25) is 4.79 Å². The number of rotatable bonds is 4. The van der Waals surface area contributed by atoms with Gasteiger partial charge in [-0.2, -0.15) is 0 Å². The molecule has 2 N–H and O–H groups in total. The summed E-state index contributed by atoms with van der Waals surface area (Å²) in [6.07, 6.45) is 1.35. The molecule has 1 aromatic heterocycles. The molecule has 0 amide bonds. The lowest BCUT2D eigenvalue weighted by atomic mass is 10.1. The standard InChI is InChI=1S/C11H18N2O4S/c1-5-17-8-6-7-12-10(14)9(8)18(15,16)13-11(2,3)4/h6-7,13H,5H2,1-4H3,(H,12,14). The van der Waals surface area contributed by atoms with Crippen LogP contribution >= 0.6 is 0 Å². The average Bonchev–Trinajstić information content (AvgIpc) is 2.13. The summed E-state index contributed by atoms with van der Waals surface area (Å²) >= 11 is 0. The van der Waals surface area contributed by atoms with Crippen LogP contribution in [0.25, 0.3) is 0 Å². The molecule has 0 aliphatic heterocycles. The summed E-state index contributed by atoms with van der Waals surface area (Å²) in [6.45, 7) is 7.09. The lowest BCUT2D eigenvalue weighted by Crippen LogP contribution is -2.42. The van der Waals surface area contributed by atoms with Gasteiger partial charge in [0.15, 0.2) is 4.90 Å². The second kappa shape index (κ2) is 5.11. The van der Waals surface area contributed by atoms with Gasteiger partial charge in [0.2, 0.25) is 10.0 Å². The van der Waals surface area contributed by atoms with E-state index in [1.54, 1.807) is 27.7 Å². The first kappa shape index (κ1) is 14.7. The minimum Gasteiger partial charge on any atom is -0.492 e. The van der Waals surface area contributed by atoms with E-state index in [-0.39, 0.29) is 17.3 Å². The number of aromatic nitrogens is 1. The first-order valence-electron chi connectivity index (χ1n) is 5.56. The van der Waals surface area contributed by atoms with E-state index >= 15 is 0 Å². The Hall–Kier alpha value is -1.34. The van der Waals surface area contributed by atoms with E-state index in [2.05, 4.69) is 9.71 Å². The molecule has 1 aromatic rings. The van der Waals surface area contributed by atoms with E-state index in [1.165, 1.54) is 12.3 Å². The van der Waals surface area contributed by atoms with Gasteiger partial charge in [0.1, 0.15) is 5.75 Å². The number of ether oxygens (including phenoxy) is 1. The van der Waals surface area contributed by atoms with Crippen molar-refractivity contribution in [3.8, 4) is 5.75 Å². The van der Waals surface area contributed by atoms with Crippen molar-refractivity contribution in [2.75, 3.05) is 6.61 Å². The number of hydrogen-bond acceptors (Lipinski definition) is 4. The molecule has 0 fully saturated rings. The zero-order valence-electron chi connectivity index (χ0n) is 10.9. The molecular formula is C11H18N2O4S. The first-order valence-corrected chi connectivity index (χ1v) is 7.04. The number of nitrogens with one attached hydrogen (secondary N) is 2. The Kier molecular flexibility index (Phi) is 4.18. The van der Waals surface area contributed by atoms with Crippen molar-refractivity contribution in [1.29, 1.82) is 0 Å². The molecule has 0 unspecified atom stereocenters. The molecule has 1 rings (SSSR count). The molecule has 0 bridgehead atoms. The summed E-state index contributed by atoms with van der Waals surface area (Å²) in [5.41, 5.74) is -1.37. The van der Waals surface area contributed by atoms with Crippen LogP contribution in [0.3, 0.4) is 0 Å². The van der Waals surface area contributed by atoms with Crippen LogP contribution in [0.1, 0.15) is 27.7 Å². The Balaban J connectivity index is 3.36. The summed E-state index contributed by atoms with van der Waals surface area (Å²) < 4.78 is 31.9. The van der Waals surface area contributed by atoms with Gasteiger partial charge >= 0.3 is 0 Å². The third kappa shape index (κ3) is 3.58. The van der Waals surface area contributed by atoms with Gasteiger partial charge in [-0.1, -0.05) is 0 Å². The summed E-state index contributed by atoms with van der Waals surface area (Å²) in [6, 6.07) is 1.42. The number of sulfonamides is 1. The SMILES string of the molecule is CCOc1cc[nH]c(=O)c1S(=O)(=O)NC(C)(C)C. The van der Waals surface area contributed by atoms with Crippen molar-refractivity contribution in [2.24, 2.45) is 0 Å². The monoisotopic (exact) mass is 274 g/mol. The highest BCUT2D eigenvalue weighted by molar-refractivity contribution is 7.89. The van der Waals surface area contributed by atoms with Crippen molar-refractivity contribution >= 4 is 10.0 Å². The largest absolute Gasteiger partial charge is 0.492 e. The molecular weight excluding hydrogens is 256 g/mol. The van der Waals surface area contributed by atoms with E-state index in [9.17, 15) is 13.2 Å². The smallest absolute Gasteiger partial charge is 0.272 e. The van der Waals surface area contributed by atoms with Crippen LogP contribution in [0, 0.1) is 0 Å². The summed E-state index contributed by atoms with van der Waals surface area (Å²) in [7, 11) is -3.92. The Bertz CT molecular complexity index is 569. The maximum Gasteiger partial charge on any atom is 0.272 e. The Morgan fingerprint density at radius 2 is 2.00 bits per heavy atom. The molecule has 0 atom stereocenters. The van der Waals surface area contributed by atoms with E-state index in [0.717, 1.165) is 0 Å². The zero-order chi connectivity index (χ0) is 14.0. The molecule has 6 nitrogen and oxygen atoms in total. The number of pyridine rings is 1. The molecule has 0 saturated carbocycles. The second-order valence-corrected chi connectivity index (χ2v) is 6.41. The third-order valence-corrected chi connectivity index (χ3v) is 3.69. The molecule has 0 aliphatic carbocycles. The van der Waals surface area contributed by atoms with E-state index in [4.69, 9.17) is 4.74 Å². The molecule has 0 spiro atoms. The number of aromatic amines is 1. The van der Waals surface area contributed by atoms with Crippen LogP contribution in [0.5, 0.6) is 5.75 Å². The molecule has 18 heavy (non-hydrogen) atoms. The zero-order valence-corrected chi connectivity index (χ0v) is 11.7. The summed E-state index contributed by atoms with van der Waals surface area (Å²) in [5.74, 6) is 0.0537. The number of H-pyrrole nitrogens is 1. The van der Waals surface area contributed by atoms with Crippen LogP contribution < -0.4 is 15.0 Å². The van der Waals surface area contributed by atoms with Gasteiger partial charge in [-0.05, 0) is 33.8 Å². The molecule has 7 heteroatoms. The van der Waals surface area contributed by atoms with Crippen molar-refractivity contribution < 1.29 is 13.2 Å². The summed E-state index contributed by atoms with van der Waals surface area (Å²) in [5, 5.41) is 0. The maximum atomic E-state index is 12.2. The van der Waals surface area contributed by atoms with Crippen molar-refractivity contribution in [3.63, 3.8) is 0 Å². The second-order valence-electron chi connectivity index (χ2n) is 4.79. The van der Waals surface area contributed by atoms with E-state index in [1.807, 2.05) is 0 Å². The maximum absolute atomic E-state index is 12.2. The van der Waals surface area contributed by atoms with Gasteiger partial charge in [0, 0.05) is 11.7 Å². The molecule has 0 aliphatic rings. The quantitative estimate of drug-likeness (QED) is 0.852. The Labute approximate surface area is 106 Å². The van der Waals surface area contributed by atoms with Crippen LogP contribution in [0.4, 0.5) is 0 Å². The van der Waals surface area contributed by atoms with Crippen LogP contribution in [0.15, 0.2) is 22.0 Å². The molecule has 1 heterocycles. The minimum atomic E-state index is -3.92. The van der Waals surface area contributed by atoms with Gasteiger partial charge in [0.05, 0.1) is 6.61 Å². The minimum absolute atomic E-state index is 0.0537. The highest BCUT2D eigenvalue weighted by Gasteiger charge is 2.28. The van der Waals surface area contributed by atoms with Crippen molar-refractivity contribution in [3.05, 3.63) is 22.6 Å². The fourth-order valence-corrected chi connectivity index (χ4v) is 3.03. The highest BCUT2D eigenvalue weighted by atomic mass is 32.2. The normalized spacial score (nSPS) is 12.4. The van der Waals surface area contributed by atoms with E-state index in [0.29, 0.717) is 0 Å². The Morgan fingerprint density at radius 1 is 1.39 bits per heavy atom. The molecule has 0 saturated heterocycles. The average molecular weight is 274 g/mol. The molecule has 0 aromatic carbocycles.